The van der Waals surface area contributed by atoms with E-state index in [1.807, 2.05) is 12.2 Å². The van der Waals surface area contributed by atoms with Gasteiger partial charge in [-0.05, 0) is 0 Å². The SMILES string of the molecule is Cl.Cl.[C-]1=CC=CC1.[CH2-]CO.[CH3-].[Si]=[Zr].c1ccc2[cH-]ccc2c1. The van der Waals surface area contributed by atoms with E-state index < -0.39 is 0 Å². The van der Waals surface area contributed by atoms with Crippen LogP contribution in [0, 0.1) is 20.4 Å². The van der Waals surface area contributed by atoms with Crippen LogP contribution in [0.3, 0.4) is 0 Å². The number of rotatable bonds is 0. The van der Waals surface area contributed by atoms with Crippen molar-refractivity contribution >= 4 is 42.5 Å². The molecule has 0 saturated heterocycles. The van der Waals surface area contributed by atoms with Gasteiger partial charge < -0.3 is 19.5 Å². The summed E-state index contributed by atoms with van der Waals surface area (Å²) in [5.41, 5.74) is 0. The molecule has 0 unspecified atom stereocenters. The van der Waals surface area contributed by atoms with E-state index in [1.54, 1.807) is 0 Å². The molecule has 122 valence electrons. The van der Waals surface area contributed by atoms with Gasteiger partial charge in [0.25, 0.3) is 0 Å². The molecule has 0 fully saturated rings. The van der Waals surface area contributed by atoms with Gasteiger partial charge in [-0.1, -0.05) is 12.7 Å². The largest absolute Gasteiger partial charge is 0.168 e. The number of hydrogen-bond donors (Lipinski definition) is 1. The molecule has 1 aliphatic rings. The second-order valence-electron chi connectivity index (χ2n) is 3.38. The average Bonchev–Trinajstić information content (AvgIpc) is 3.16. The number of halogens is 2. The molecular formula is C17H22Cl2OSiZr-4. The normalized spacial score (nSPS) is 9.14. The maximum Gasteiger partial charge on any atom is -0.0809 e. The van der Waals surface area contributed by atoms with Gasteiger partial charge >= 0.3 is 30.2 Å². The maximum absolute atomic E-state index is 7.46. The molecular weight excluding hydrogens is 410 g/mol. The molecule has 0 bridgehead atoms. The molecule has 0 spiro atoms. The average molecular weight is 433 g/mol. The first-order chi connectivity index (χ1) is 9.38. The van der Waals surface area contributed by atoms with E-state index in [4.69, 9.17) is 5.11 Å². The van der Waals surface area contributed by atoms with Crippen molar-refractivity contribution in [3.05, 3.63) is 81.1 Å². The number of allylic oxidation sites excluding steroid dienone is 4. The number of aliphatic hydroxyl groups excluding tert-OH is 1. The molecule has 0 atom stereocenters. The van der Waals surface area contributed by atoms with E-state index >= 15 is 0 Å². The molecule has 2 aromatic carbocycles. The Balaban J connectivity index is -0.000000110. The van der Waals surface area contributed by atoms with Gasteiger partial charge in [0.15, 0.2) is 0 Å². The summed E-state index contributed by atoms with van der Waals surface area (Å²) in [5.74, 6) is 0. The van der Waals surface area contributed by atoms with Gasteiger partial charge in [-0.3, -0.25) is 6.08 Å². The Morgan fingerprint density at radius 2 is 1.82 bits per heavy atom. The van der Waals surface area contributed by atoms with Gasteiger partial charge in [0, 0.05) is 0 Å². The summed E-state index contributed by atoms with van der Waals surface area (Å²) >= 11 is 1.36. The van der Waals surface area contributed by atoms with Gasteiger partial charge in [0.2, 0.25) is 0 Å². The van der Waals surface area contributed by atoms with Crippen LogP contribution >= 0.6 is 24.8 Å². The van der Waals surface area contributed by atoms with Crippen molar-refractivity contribution in [2.24, 2.45) is 0 Å². The Bertz CT molecular complexity index is 458. The Morgan fingerprint density at radius 3 is 2.23 bits per heavy atom. The third-order valence-electron chi connectivity index (χ3n) is 2.13. The number of fused-ring (bicyclic) bond motifs is 1. The minimum absolute atomic E-state index is 0. The summed E-state index contributed by atoms with van der Waals surface area (Å²) in [6.45, 7) is 6.10. The van der Waals surface area contributed by atoms with Crippen molar-refractivity contribution in [1.29, 1.82) is 0 Å². The van der Waals surface area contributed by atoms with Crippen molar-refractivity contribution < 1.29 is 28.4 Å². The summed E-state index contributed by atoms with van der Waals surface area (Å²) in [6.07, 6.45) is 10.0. The Kier molecular flexibility index (Phi) is 31.6. The molecule has 2 aromatic rings. The van der Waals surface area contributed by atoms with E-state index in [-0.39, 0.29) is 38.8 Å². The third-order valence-corrected chi connectivity index (χ3v) is 2.13. The van der Waals surface area contributed by atoms with Crippen molar-refractivity contribution in [1.82, 2.24) is 0 Å². The molecule has 0 amide bonds. The van der Waals surface area contributed by atoms with E-state index in [0.29, 0.717) is 0 Å². The van der Waals surface area contributed by atoms with Crippen molar-refractivity contribution in [3.8, 4) is 0 Å². The van der Waals surface area contributed by atoms with Crippen LogP contribution in [0.25, 0.3) is 10.8 Å². The predicted molar refractivity (Wildman–Crippen MR) is 100 cm³/mol. The Hall–Kier alpha value is -0.0500. The fraction of sp³-hybridized carbons (Fsp3) is 0.118. The van der Waals surface area contributed by atoms with Crippen molar-refractivity contribution in [2.45, 2.75) is 6.42 Å². The van der Waals surface area contributed by atoms with Gasteiger partial charge in [-0.2, -0.15) is 23.6 Å². The molecule has 2 radical (unpaired) electrons. The number of benzene rings is 1. The van der Waals surface area contributed by atoms with Gasteiger partial charge in [0.1, 0.15) is 0 Å². The molecule has 1 aliphatic carbocycles. The fourth-order valence-corrected chi connectivity index (χ4v) is 1.41. The van der Waals surface area contributed by atoms with Crippen LogP contribution in [0.5, 0.6) is 0 Å². The van der Waals surface area contributed by atoms with Crippen molar-refractivity contribution in [3.63, 3.8) is 0 Å². The molecule has 0 saturated carbocycles. The topological polar surface area (TPSA) is 20.2 Å². The molecule has 1 nitrogen and oxygen atoms in total. The summed E-state index contributed by atoms with van der Waals surface area (Å²) in [7, 11) is 0. The standard InChI is InChI=1S/C9H7.C5H5.C2H5O.CH3.2ClH.Si.Zr/c1-2-5-9-7-3-6-8(9)4-1;1-2-4-5-3-1;1-2-3;;;;;/h1-7H;1-3H,4H2;3H,1-2H2;1H3;2*1H;;/q4*-1;;;;. The smallest absolute Gasteiger partial charge is 0.0809 e. The number of hydrogen-bond acceptors (Lipinski definition) is 1. The minimum atomic E-state index is 0. The fourth-order valence-electron chi connectivity index (χ4n) is 1.41. The van der Waals surface area contributed by atoms with Gasteiger partial charge in [0.05, 0.1) is 0 Å². The first-order valence-electron chi connectivity index (χ1n) is 5.85. The second-order valence-corrected chi connectivity index (χ2v) is 3.38. The maximum atomic E-state index is 7.46. The molecule has 5 heteroatoms. The van der Waals surface area contributed by atoms with Crippen LogP contribution in [0.1, 0.15) is 6.42 Å². The molecule has 0 heterocycles. The van der Waals surface area contributed by atoms with Gasteiger partial charge in [-0.25, -0.2) is 12.2 Å². The third kappa shape index (κ3) is 14.9. The zero-order valence-corrected chi connectivity index (χ0v) is 17.7. The Labute approximate surface area is 164 Å². The molecule has 0 aliphatic heterocycles. The van der Waals surface area contributed by atoms with Crippen LogP contribution in [-0.2, 0) is 23.3 Å². The summed E-state index contributed by atoms with van der Waals surface area (Å²) in [4.78, 5) is 0. The van der Waals surface area contributed by atoms with Crippen LogP contribution in [0.15, 0.2) is 60.7 Å². The van der Waals surface area contributed by atoms with E-state index in [0.717, 1.165) is 6.42 Å². The summed E-state index contributed by atoms with van der Waals surface area (Å²) in [6, 6.07) is 14.7. The monoisotopic (exact) mass is 430 g/mol. The van der Waals surface area contributed by atoms with Crippen LogP contribution in [-0.4, -0.2) is 18.6 Å². The predicted octanol–water partition coefficient (Wildman–Crippen LogP) is 4.59. The summed E-state index contributed by atoms with van der Waals surface area (Å²) < 4.78 is 0. The van der Waals surface area contributed by atoms with Crippen LogP contribution in [0.2, 0.25) is 0 Å². The number of aliphatic hydroxyl groups is 1. The quantitative estimate of drug-likeness (QED) is 0.477. The van der Waals surface area contributed by atoms with Gasteiger partial charge in [-0.15, -0.1) is 60.9 Å². The summed E-state index contributed by atoms with van der Waals surface area (Å²) in [5, 5.41) is 10.1. The van der Waals surface area contributed by atoms with E-state index in [1.165, 1.54) is 34.1 Å². The van der Waals surface area contributed by atoms with E-state index in [9.17, 15) is 0 Å². The zero-order valence-electron chi connectivity index (χ0n) is 12.7. The first kappa shape index (κ1) is 29.9. The molecule has 0 aromatic heterocycles. The zero-order chi connectivity index (χ0) is 14.3. The van der Waals surface area contributed by atoms with Crippen LogP contribution in [0.4, 0.5) is 0 Å². The molecule has 22 heavy (non-hydrogen) atoms. The minimum Gasteiger partial charge on any atom is -0.168 e. The van der Waals surface area contributed by atoms with Crippen LogP contribution < -0.4 is 0 Å². The van der Waals surface area contributed by atoms with E-state index in [2.05, 4.69) is 68.4 Å². The first-order valence-corrected chi connectivity index (χ1v) is 10.0. The second kappa shape index (κ2) is 23.2. The Morgan fingerprint density at radius 1 is 1.23 bits per heavy atom. The van der Waals surface area contributed by atoms with Crippen molar-refractivity contribution in [2.75, 3.05) is 6.61 Å². The molecule has 1 N–H and O–H groups in total. The molecule has 3 rings (SSSR count).